The Hall–Kier alpha value is -3.20. The molecule has 0 unspecified atom stereocenters. The lowest BCUT2D eigenvalue weighted by molar-refractivity contribution is -0.124. The smallest absolute Gasteiger partial charge is 0.267 e. The van der Waals surface area contributed by atoms with E-state index >= 15 is 0 Å². The van der Waals surface area contributed by atoms with Crippen LogP contribution in [0.5, 0.6) is 0 Å². The molecule has 42 heavy (non-hydrogen) atoms. The van der Waals surface area contributed by atoms with Gasteiger partial charge in [0.05, 0.1) is 33.6 Å². The maximum atomic E-state index is 13.2. The molecule has 4 amide bonds. The summed E-state index contributed by atoms with van der Waals surface area (Å²) in [6.07, 6.45) is 11.4. The Kier molecular flexibility index (Phi) is 12.0. The van der Waals surface area contributed by atoms with Crippen molar-refractivity contribution in [2.45, 2.75) is 51.4 Å². The maximum absolute atomic E-state index is 13.2. The first-order chi connectivity index (χ1) is 20.3. The topological polar surface area (TPSA) is 125 Å². The number of aromatic nitrogens is 2. The number of thiocarbonyl (C=S) groups is 2. The fourth-order valence-electron chi connectivity index (χ4n) is 4.24. The van der Waals surface area contributed by atoms with E-state index in [2.05, 4.69) is 20.6 Å². The van der Waals surface area contributed by atoms with Gasteiger partial charge in [0, 0.05) is 38.3 Å². The Balaban J connectivity index is 1.17. The van der Waals surface area contributed by atoms with Gasteiger partial charge in [-0.2, -0.15) is 0 Å². The van der Waals surface area contributed by atoms with Gasteiger partial charge in [-0.05, 0) is 49.9 Å². The minimum Gasteiger partial charge on any atom is -0.325 e. The predicted molar refractivity (Wildman–Crippen MR) is 173 cm³/mol. The molecule has 0 aromatic carbocycles. The van der Waals surface area contributed by atoms with Crippen LogP contribution in [0.15, 0.2) is 58.9 Å². The van der Waals surface area contributed by atoms with Gasteiger partial charge in [-0.15, -0.1) is 0 Å². The van der Waals surface area contributed by atoms with E-state index in [0.29, 0.717) is 81.4 Å². The van der Waals surface area contributed by atoms with E-state index in [1.165, 1.54) is 9.80 Å². The Morgan fingerprint density at radius 2 is 1.12 bits per heavy atom. The average molecular weight is 643 g/mol. The molecule has 2 saturated heterocycles. The monoisotopic (exact) mass is 642 g/mol. The molecule has 10 nitrogen and oxygen atoms in total. The van der Waals surface area contributed by atoms with E-state index in [0.717, 1.165) is 36.4 Å². The Labute approximate surface area is 263 Å². The van der Waals surface area contributed by atoms with Gasteiger partial charge in [0.15, 0.2) is 0 Å². The number of nitrogens with zero attached hydrogens (tertiary/aromatic N) is 4. The molecule has 0 radical (unpaired) electrons. The van der Waals surface area contributed by atoms with Gasteiger partial charge in [-0.25, -0.2) is 0 Å². The summed E-state index contributed by atoms with van der Waals surface area (Å²) in [5.74, 6) is -0.720. The Morgan fingerprint density at radius 3 is 1.50 bits per heavy atom. The number of carbonyl (C=O) groups excluding carboxylic acids is 4. The van der Waals surface area contributed by atoms with Crippen LogP contribution in [0.4, 0.5) is 11.4 Å². The second-order valence-corrected chi connectivity index (χ2v) is 12.8. The van der Waals surface area contributed by atoms with Gasteiger partial charge in [-0.1, -0.05) is 60.8 Å². The number of unbranched alkanes of at least 4 members (excludes halogenated alkanes) is 4. The van der Waals surface area contributed by atoms with Crippen molar-refractivity contribution in [3.63, 3.8) is 0 Å². The summed E-state index contributed by atoms with van der Waals surface area (Å²) in [5, 5.41) is 5.61. The number of amides is 4. The van der Waals surface area contributed by atoms with Crippen LogP contribution in [0.1, 0.15) is 51.4 Å². The summed E-state index contributed by atoms with van der Waals surface area (Å²) in [7, 11) is 0. The highest BCUT2D eigenvalue weighted by molar-refractivity contribution is 8.29. The quantitative estimate of drug-likeness (QED) is 0.163. The molecule has 0 aliphatic carbocycles. The summed E-state index contributed by atoms with van der Waals surface area (Å²) in [4.78, 5) is 62.1. The van der Waals surface area contributed by atoms with Crippen LogP contribution < -0.4 is 10.6 Å². The van der Waals surface area contributed by atoms with E-state index in [-0.39, 0.29) is 23.6 Å². The molecular weight excluding hydrogens is 613 g/mol. The summed E-state index contributed by atoms with van der Waals surface area (Å²) in [6.45, 7) is 0.847. The average Bonchev–Trinajstić information content (AvgIpc) is 3.42. The van der Waals surface area contributed by atoms with E-state index in [1.807, 2.05) is 0 Å². The Bertz CT molecular complexity index is 1270. The predicted octanol–water partition coefficient (Wildman–Crippen LogP) is 5.11. The number of rotatable bonds is 14. The number of hydrogen-bond donors (Lipinski definition) is 2. The van der Waals surface area contributed by atoms with Crippen LogP contribution in [0, 0.1) is 0 Å². The zero-order valence-corrected chi connectivity index (χ0v) is 26.0. The van der Waals surface area contributed by atoms with Crippen molar-refractivity contribution in [3.8, 4) is 0 Å². The lowest BCUT2D eigenvalue weighted by atomic mass is 10.1. The third-order valence-electron chi connectivity index (χ3n) is 6.37. The number of pyridine rings is 2. The first kappa shape index (κ1) is 31.7. The minimum atomic E-state index is -0.278. The van der Waals surface area contributed by atoms with E-state index in [1.54, 1.807) is 49.1 Å². The molecule has 2 aliphatic heterocycles. The van der Waals surface area contributed by atoms with Crippen molar-refractivity contribution in [2.24, 2.45) is 0 Å². The van der Waals surface area contributed by atoms with Crippen molar-refractivity contribution in [1.29, 1.82) is 0 Å². The van der Waals surface area contributed by atoms with E-state index in [4.69, 9.17) is 24.4 Å². The second-order valence-electron chi connectivity index (χ2n) is 9.51. The summed E-state index contributed by atoms with van der Waals surface area (Å²) in [6, 6.07) is 7.07. The molecule has 0 bridgehead atoms. The van der Waals surface area contributed by atoms with Crippen molar-refractivity contribution >= 4 is 91.6 Å². The van der Waals surface area contributed by atoms with Crippen molar-refractivity contribution in [2.75, 3.05) is 23.7 Å². The van der Waals surface area contributed by atoms with Crippen molar-refractivity contribution in [1.82, 2.24) is 19.8 Å². The SMILES string of the molecule is O=C(CCCCCN1C(=O)/C(=C2\SC(=S)N(CCCCCC(=O)Nc3cccnc3)C2=O)SC1=S)Nc1cccnc1. The normalized spacial score (nSPS) is 16.9. The second kappa shape index (κ2) is 15.9. The maximum Gasteiger partial charge on any atom is 0.267 e. The molecule has 4 rings (SSSR count). The van der Waals surface area contributed by atoms with Crippen LogP contribution in [0.25, 0.3) is 0 Å². The lowest BCUT2D eigenvalue weighted by Crippen LogP contribution is -2.31. The summed E-state index contributed by atoms with van der Waals surface area (Å²) >= 11 is 13.2. The zero-order chi connectivity index (χ0) is 29.9. The van der Waals surface area contributed by atoms with Gasteiger partial charge in [-0.3, -0.25) is 38.9 Å². The fraction of sp³-hybridized carbons (Fsp3) is 0.357. The van der Waals surface area contributed by atoms with E-state index in [9.17, 15) is 19.2 Å². The number of anilines is 2. The fourth-order valence-corrected chi connectivity index (χ4v) is 7.01. The molecule has 2 aromatic heterocycles. The first-order valence-corrected chi connectivity index (χ1v) is 16.0. The number of hydrogen-bond acceptors (Lipinski definition) is 10. The molecule has 220 valence electrons. The first-order valence-electron chi connectivity index (χ1n) is 13.5. The van der Waals surface area contributed by atoms with Crippen molar-refractivity contribution < 1.29 is 19.2 Å². The van der Waals surface area contributed by atoms with Gasteiger partial charge in [0.1, 0.15) is 8.64 Å². The van der Waals surface area contributed by atoms with Gasteiger partial charge in [0.2, 0.25) is 11.8 Å². The molecule has 4 heterocycles. The van der Waals surface area contributed by atoms with Gasteiger partial charge in [0.25, 0.3) is 11.8 Å². The van der Waals surface area contributed by atoms with Gasteiger partial charge >= 0.3 is 0 Å². The largest absolute Gasteiger partial charge is 0.325 e. The Morgan fingerprint density at radius 1 is 0.690 bits per heavy atom. The third kappa shape index (κ3) is 8.90. The molecule has 0 spiro atoms. The van der Waals surface area contributed by atoms with Crippen LogP contribution >= 0.6 is 48.0 Å². The minimum absolute atomic E-state index is 0.0815. The number of nitrogens with one attached hydrogen (secondary N) is 2. The van der Waals surface area contributed by atoms with Gasteiger partial charge < -0.3 is 10.6 Å². The highest BCUT2D eigenvalue weighted by atomic mass is 32.2. The highest BCUT2D eigenvalue weighted by Gasteiger charge is 2.41. The molecular formula is C28H30N6O4S4. The molecule has 0 saturated carbocycles. The van der Waals surface area contributed by atoms with Crippen LogP contribution in [0.3, 0.4) is 0 Å². The summed E-state index contributed by atoms with van der Waals surface area (Å²) in [5.41, 5.74) is 1.32. The molecule has 2 N–H and O–H groups in total. The lowest BCUT2D eigenvalue weighted by Gasteiger charge is -2.14. The molecule has 14 heteroatoms. The van der Waals surface area contributed by atoms with Crippen LogP contribution in [0.2, 0.25) is 0 Å². The standard InChI is InChI=1S/C28H30N6O4S4/c35-21(31-19-9-7-13-29-17-19)11-3-1-5-15-33-25(37)23(41-27(33)39)24-26(38)34(28(40)42-24)16-6-2-4-12-22(36)32-20-10-8-14-30-18-20/h7-10,13-14,17-18H,1-6,11-12,15-16H2,(H,31,35)(H,32,36)/b24-23+. The van der Waals surface area contributed by atoms with E-state index < -0.39 is 0 Å². The van der Waals surface area contributed by atoms with Crippen LogP contribution in [-0.4, -0.2) is 65.1 Å². The zero-order valence-electron chi connectivity index (χ0n) is 22.7. The number of carbonyl (C=O) groups is 4. The molecule has 0 atom stereocenters. The third-order valence-corrected chi connectivity index (χ3v) is 9.39. The molecule has 2 fully saturated rings. The summed E-state index contributed by atoms with van der Waals surface area (Å²) < 4.78 is 0.832. The molecule has 2 aliphatic rings. The molecule has 2 aromatic rings. The van der Waals surface area contributed by atoms with Crippen LogP contribution in [-0.2, 0) is 19.2 Å². The highest BCUT2D eigenvalue weighted by Crippen LogP contribution is 2.42. The number of thioether (sulfide) groups is 2. The van der Waals surface area contributed by atoms with Crippen molar-refractivity contribution in [3.05, 3.63) is 58.9 Å².